The Bertz CT molecular complexity index is 619. The van der Waals surface area contributed by atoms with Gasteiger partial charge in [-0.25, -0.2) is 0 Å². The third-order valence-corrected chi connectivity index (χ3v) is 4.77. The molecule has 1 atom stereocenters. The van der Waals surface area contributed by atoms with E-state index in [1.165, 1.54) is 5.56 Å². The molecule has 1 N–H and O–H groups in total. The van der Waals surface area contributed by atoms with Crippen molar-refractivity contribution < 1.29 is 4.79 Å². The van der Waals surface area contributed by atoms with Crippen LogP contribution >= 0.6 is 0 Å². The molecule has 1 aliphatic heterocycles. The first-order valence-electron chi connectivity index (χ1n) is 8.39. The number of carbonyl (C=O) groups is 1. The Morgan fingerprint density at radius 1 is 1.00 bits per heavy atom. The number of para-hydroxylation sites is 1. The zero-order valence-electron chi connectivity index (χ0n) is 13.6. The molecule has 0 bridgehead atoms. The quantitative estimate of drug-likeness (QED) is 0.922. The Morgan fingerprint density at radius 2 is 1.57 bits per heavy atom. The molecular weight excluding hydrogens is 284 g/mol. The first-order valence-corrected chi connectivity index (χ1v) is 8.39. The average Bonchev–Trinajstić information content (AvgIpc) is 2.63. The fourth-order valence-electron chi connectivity index (χ4n) is 3.26. The molecule has 23 heavy (non-hydrogen) atoms. The second-order valence-electron chi connectivity index (χ2n) is 6.25. The number of rotatable bonds is 4. The Kier molecular flexibility index (Phi) is 5.09. The summed E-state index contributed by atoms with van der Waals surface area (Å²) in [6.45, 7) is 4.20. The molecule has 1 fully saturated rings. The van der Waals surface area contributed by atoms with E-state index in [1.807, 2.05) is 30.3 Å². The van der Waals surface area contributed by atoms with E-state index in [0.29, 0.717) is 6.04 Å². The standard InChI is InChI=1S/C20H24N2O/c1-16(17-8-4-2-5-9-17)22-14-12-18(13-15-22)20(23)21-19-10-6-3-7-11-19/h2-11,16,18H,12-15H2,1H3,(H,21,23). The highest BCUT2D eigenvalue weighted by Gasteiger charge is 2.27. The molecule has 0 spiro atoms. The summed E-state index contributed by atoms with van der Waals surface area (Å²) in [5, 5.41) is 3.03. The summed E-state index contributed by atoms with van der Waals surface area (Å²) in [7, 11) is 0. The molecule has 3 rings (SSSR count). The fraction of sp³-hybridized carbons (Fsp3) is 0.350. The number of hydrogen-bond donors (Lipinski definition) is 1. The van der Waals surface area contributed by atoms with E-state index in [4.69, 9.17) is 0 Å². The van der Waals surface area contributed by atoms with Gasteiger partial charge in [0.15, 0.2) is 0 Å². The number of benzene rings is 2. The van der Waals surface area contributed by atoms with Gasteiger partial charge in [-0.3, -0.25) is 9.69 Å². The van der Waals surface area contributed by atoms with Crippen molar-refractivity contribution in [3.8, 4) is 0 Å². The van der Waals surface area contributed by atoms with Crippen LogP contribution in [-0.2, 0) is 4.79 Å². The van der Waals surface area contributed by atoms with E-state index in [2.05, 4.69) is 47.5 Å². The van der Waals surface area contributed by atoms with Crippen molar-refractivity contribution in [2.24, 2.45) is 5.92 Å². The minimum Gasteiger partial charge on any atom is -0.326 e. The van der Waals surface area contributed by atoms with Gasteiger partial charge in [-0.2, -0.15) is 0 Å². The van der Waals surface area contributed by atoms with E-state index in [1.54, 1.807) is 0 Å². The normalized spacial score (nSPS) is 17.6. The van der Waals surface area contributed by atoms with Gasteiger partial charge >= 0.3 is 0 Å². The molecule has 2 aromatic carbocycles. The third kappa shape index (κ3) is 3.99. The number of carbonyl (C=O) groups excluding carboxylic acids is 1. The maximum atomic E-state index is 12.4. The second kappa shape index (κ2) is 7.42. The van der Waals surface area contributed by atoms with Crippen LogP contribution in [-0.4, -0.2) is 23.9 Å². The predicted octanol–water partition coefficient (Wildman–Crippen LogP) is 4.10. The van der Waals surface area contributed by atoms with Crippen molar-refractivity contribution in [2.45, 2.75) is 25.8 Å². The van der Waals surface area contributed by atoms with Crippen LogP contribution in [0.3, 0.4) is 0 Å². The van der Waals surface area contributed by atoms with Crippen molar-refractivity contribution in [2.75, 3.05) is 18.4 Å². The molecule has 1 aliphatic rings. The number of anilines is 1. The molecule has 3 nitrogen and oxygen atoms in total. The van der Waals surface area contributed by atoms with Crippen LogP contribution in [0.5, 0.6) is 0 Å². The summed E-state index contributed by atoms with van der Waals surface area (Å²) in [6.07, 6.45) is 1.85. The summed E-state index contributed by atoms with van der Waals surface area (Å²) < 4.78 is 0. The van der Waals surface area contributed by atoms with E-state index in [0.717, 1.165) is 31.6 Å². The Hall–Kier alpha value is -2.13. The zero-order valence-corrected chi connectivity index (χ0v) is 13.6. The number of nitrogens with one attached hydrogen (secondary N) is 1. The molecule has 0 radical (unpaired) electrons. The molecule has 0 saturated carbocycles. The summed E-state index contributed by atoms with van der Waals surface area (Å²) >= 11 is 0. The van der Waals surface area contributed by atoms with Crippen molar-refractivity contribution in [1.29, 1.82) is 0 Å². The number of likely N-dealkylation sites (tertiary alicyclic amines) is 1. The van der Waals surface area contributed by atoms with Crippen molar-refractivity contribution in [1.82, 2.24) is 4.90 Å². The van der Waals surface area contributed by atoms with Crippen LogP contribution in [0.1, 0.15) is 31.4 Å². The molecule has 1 amide bonds. The minimum atomic E-state index is 0.120. The maximum absolute atomic E-state index is 12.4. The summed E-state index contributed by atoms with van der Waals surface area (Å²) in [5.74, 6) is 0.276. The van der Waals surface area contributed by atoms with Crippen molar-refractivity contribution in [3.63, 3.8) is 0 Å². The smallest absolute Gasteiger partial charge is 0.227 e. The van der Waals surface area contributed by atoms with Crippen molar-refractivity contribution >= 4 is 11.6 Å². The van der Waals surface area contributed by atoms with Gasteiger partial charge < -0.3 is 5.32 Å². The van der Waals surface area contributed by atoms with Crippen LogP contribution in [0, 0.1) is 5.92 Å². The first kappa shape index (κ1) is 15.8. The highest BCUT2D eigenvalue weighted by atomic mass is 16.1. The molecule has 120 valence electrons. The molecule has 3 heteroatoms. The maximum Gasteiger partial charge on any atom is 0.227 e. The topological polar surface area (TPSA) is 32.3 Å². The number of amides is 1. The molecule has 1 heterocycles. The highest BCUT2D eigenvalue weighted by Crippen LogP contribution is 2.27. The van der Waals surface area contributed by atoms with Gasteiger partial charge in [0.1, 0.15) is 0 Å². The van der Waals surface area contributed by atoms with Crippen LogP contribution in [0.25, 0.3) is 0 Å². The fourth-order valence-corrected chi connectivity index (χ4v) is 3.26. The monoisotopic (exact) mass is 308 g/mol. The van der Waals surface area contributed by atoms with E-state index in [9.17, 15) is 4.79 Å². The SMILES string of the molecule is CC(c1ccccc1)N1CCC(C(=O)Nc2ccccc2)CC1. The van der Waals surface area contributed by atoms with Crippen LogP contribution in [0.2, 0.25) is 0 Å². The second-order valence-corrected chi connectivity index (χ2v) is 6.25. The lowest BCUT2D eigenvalue weighted by Crippen LogP contribution is -2.39. The van der Waals surface area contributed by atoms with Crippen molar-refractivity contribution in [3.05, 3.63) is 66.2 Å². The minimum absolute atomic E-state index is 0.120. The molecule has 1 unspecified atom stereocenters. The molecule has 1 saturated heterocycles. The zero-order chi connectivity index (χ0) is 16.1. The summed E-state index contributed by atoms with van der Waals surface area (Å²) in [5.41, 5.74) is 2.23. The van der Waals surface area contributed by atoms with E-state index in [-0.39, 0.29) is 11.8 Å². The lowest BCUT2D eigenvalue weighted by atomic mass is 9.93. The molecule has 2 aromatic rings. The number of nitrogens with zero attached hydrogens (tertiary/aromatic N) is 1. The summed E-state index contributed by atoms with van der Waals surface area (Å²) in [6, 6.07) is 20.7. The third-order valence-electron chi connectivity index (χ3n) is 4.77. The van der Waals surface area contributed by atoms with E-state index >= 15 is 0 Å². The van der Waals surface area contributed by atoms with Crippen LogP contribution < -0.4 is 5.32 Å². The Balaban J connectivity index is 1.53. The highest BCUT2D eigenvalue weighted by molar-refractivity contribution is 5.92. The van der Waals surface area contributed by atoms with Gasteiger partial charge in [-0.1, -0.05) is 48.5 Å². The van der Waals surface area contributed by atoms with Gasteiger partial charge in [-0.05, 0) is 50.6 Å². The lowest BCUT2D eigenvalue weighted by molar-refractivity contribution is -0.121. The Labute approximate surface area is 138 Å². The lowest BCUT2D eigenvalue weighted by Gasteiger charge is -2.35. The van der Waals surface area contributed by atoms with Gasteiger partial charge in [0.25, 0.3) is 0 Å². The molecule has 0 aliphatic carbocycles. The van der Waals surface area contributed by atoms with Gasteiger partial charge in [-0.15, -0.1) is 0 Å². The average molecular weight is 308 g/mol. The Morgan fingerprint density at radius 3 is 2.17 bits per heavy atom. The molecule has 0 aromatic heterocycles. The van der Waals surface area contributed by atoms with Crippen LogP contribution in [0.4, 0.5) is 5.69 Å². The largest absolute Gasteiger partial charge is 0.326 e. The predicted molar refractivity (Wildman–Crippen MR) is 94.2 cm³/mol. The van der Waals surface area contributed by atoms with Gasteiger partial charge in [0, 0.05) is 17.6 Å². The number of hydrogen-bond acceptors (Lipinski definition) is 2. The molecular formula is C20H24N2O. The van der Waals surface area contributed by atoms with Crippen LogP contribution in [0.15, 0.2) is 60.7 Å². The first-order chi connectivity index (χ1) is 11.2. The van der Waals surface area contributed by atoms with Gasteiger partial charge in [0.05, 0.1) is 0 Å². The number of piperidine rings is 1. The van der Waals surface area contributed by atoms with Gasteiger partial charge in [0.2, 0.25) is 5.91 Å². The summed E-state index contributed by atoms with van der Waals surface area (Å²) in [4.78, 5) is 14.9. The van der Waals surface area contributed by atoms with E-state index < -0.39 is 0 Å².